The highest BCUT2D eigenvalue weighted by Crippen LogP contribution is 2.18. The molecule has 1 atom stereocenters. The minimum atomic E-state index is -0.846. The van der Waals surface area contributed by atoms with Gasteiger partial charge in [-0.25, -0.2) is 9.36 Å². The Bertz CT molecular complexity index is 1430. The van der Waals surface area contributed by atoms with Gasteiger partial charge in [-0.3, -0.25) is 14.2 Å². The lowest BCUT2D eigenvalue weighted by molar-refractivity contribution is -0.124. The second-order valence-corrected chi connectivity index (χ2v) is 8.06. The molecule has 0 saturated heterocycles. The molecule has 164 valence electrons. The number of rotatable bonds is 5. The van der Waals surface area contributed by atoms with Gasteiger partial charge in [0.15, 0.2) is 0 Å². The first-order valence-electron chi connectivity index (χ1n) is 10.4. The SMILES string of the molecule is Cc1ccc2c(c1)c(=O)n(-c1ccc(C)c(C)c1)c(=O)n2[C@H](C)C(=O)NCc1ccco1. The largest absolute Gasteiger partial charge is 0.467 e. The van der Waals surface area contributed by atoms with Crippen molar-refractivity contribution in [3.8, 4) is 5.69 Å². The summed E-state index contributed by atoms with van der Waals surface area (Å²) in [6.45, 7) is 7.63. The first-order valence-corrected chi connectivity index (χ1v) is 10.4. The molecular weight excluding hydrogens is 406 g/mol. The van der Waals surface area contributed by atoms with Crippen LogP contribution in [0.5, 0.6) is 0 Å². The average molecular weight is 431 g/mol. The van der Waals surface area contributed by atoms with Crippen LogP contribution in [0.1, 0.15) is 35.4 Å². The van der Waals surface area contributed by atoms with Gasteiger partial charge < -0.3 is 9.73 Å². The van der Waals surface area contributed by atoms with Crippen LogP contribution in [0, 0.1) is 20.8 Å². The summed E-state index contributed by atoms with van der Waals surface area (Å²) in [7, 11) is 0. The van der Waals surface area contributed by atoms with Crippen LogP contribution in [0.2, 0.25) is 0 Å². The van der Waals surface area contributed by atoms with E-state index in [4.69, 9.17) is 4.42 Å². The third-order valence-electron chi connectivity index (χ3n) is 5.77. The van der Waals surface area contributed by atoms with E-state index in [0.717, 1.165) is 21.3 Å². The van der Waals surface area contributed by atoms with Gasteiger partial charge in [-0.1, -0.05) is 17.7 Å². The van der Waals surface area contributed by atoms with E-state index in [-0.39, 0.29) is 12.5 Å². The van der Waals surface area contributed by atoms with E-state index in [1.54, 1.807) is 37.3 Å². The number of benzene rings is 2. The second kappa shape index (κ2) is 8.34. The Morgan fingerprint density at radius 2 is 1.81 bits per heavy atom. The highest BCUT2D eigenvalue weighted by Gasteiger charge is 2.23. The molecule has 2 aromatic heterocycles. The Kier molecular flexibility index (Phi) is 5.57. The van der Waals surface area contributed by atoms with Crippen LogP contribution in [0.3, 0.4) is 0 Å². The van der Waals surface area contributed by atoms with Gasteiger partial charge in [0.2, 0.25) is 5.91 Å². The zero-order chi connectivity index (χ0) is 23.0. The summed E-state index contributed by atoms with van der Waals surface area (Å²) >= 11 is 0. The van der Waals surface area contributed by atoms with Crippen molar-refractivity contribution in [3.05, 3.63) is 98.1 Å². The molecule has 32 heavy (non-hydrogen) atoms. The highest BCUT2D eigenvalue weighted by atomic mass is 16.3. The fraction of sp³-hybridized carbons (Fsp3) is 0.240. The molecule has 0 bridgehead atoms. The van der Waals surface area contributed by atoms with Crippen molar-refractivity contribution in [1.82, 2.24) is 14.5 Å². The van der Waals surface area contributed by atoms with Gasteiger partial charge >= 0.3 is 5.69 Å². The molecule has 0 aliphatic carbocycles. The molecule has 1 amide bonds. The third-order valence-corrected chi connectivity index (χ3v) is 5.77. The molecular formula is C25H25N3O4. The summed E-state index contributed by atoms with van der Waals surface area (Å²) in [5.41, 5.74) is 2.85. The highest BCUT2D eigenvalue weighted by molar-refractivity contribution is 5.84. The molecule has 0 radical (unpaired) electrons. The Morgan fingerprint density at radius 1 is 1.03 bits per heavy atom. The quantitative estimate of drug-likeness (QED) is 0.524. The van der Waals surface area contributed by atoms with Crippen molar-refractivity contribution in [2.24, 2.45) is 0 Å². The Labute approximate surface area is 184 Å². The van der Waals surface area contributed by atoms with Gasteiger partial charge in [0.25, 0.3) is 5.56 Å². The maximum Gasteiger partial charge on any atom is 0.336 e. The third kappa shape index (κ3) is 3.77. The molecule has 0 fully saturated rings. The van der Waals surface area contributed by atoms with Crippen LogP contribution in [-0.4, -0.2) is 15.0 Å². The second-order valence-electron chi connectivity index (χ2n) is 8.06. The van der Waals surface area contributed by atoms with E-state index in [2.05, 4.69) is 5.32 Å². The van der Waals surface area contributed by atoms with Crippen molar-refractivity contribution < 1.29 is 9.21 Å². The molecule has 0 aliphatic heterocycles. The zero-order valence-electron chi connectivity index (χ0n) is 18.5. The van der Waals surface area contributed by atoms with Gasteiger partial charge in [0, 0.05) is 0 Å². The maximum absolute atomic E-state index is 13.6. The van der Waals surface area contributed by atoms with Crippen LogP contribution < -0.4 is 16.6 Å². The smallest absolute Gasteiger partial charge is 0.336 e. The Morgan fingerprint density at radius 3 is 2.50 bits per heavy atom. The molecule has 7 nitrogen and oxygen atoms in total. The van der Waals surface area contributed by atoms with E-state index >= 15 is 0 Å². The Balaban J connectivity index is 1.89. The number of aryl methyl sites for hydroxylation is 3. The van der Waals surface area contributed by atoms with Crippen LogP contribution in [0.4, 0.5) is 0 Å². The fourth-order valence-corrected chi connectivity index (χ4v) is 3.77. The van der Waals surface area contributed by atoms with Crippen molar-refractivity contribution in [1.29, 1.82) is 0 Å². The molecule has 0 spiro atoms. The topological polar surface area (TPSA) is 86.2 Å². The van der Waals surface area contributed by atoms with Crippen LogP contribution >= 0.6 is 0 Å². The number of amides is 1. The normalized spacial score (nSPS) is 12.1. The molecule has 2 heterocycles. The van der Waals surface area contributed by atoms with Crippen molar-refractivity contribution in [3.63, 3.8) is 0 Å². The lowest BCUT2D eigenvalue weighted by atomic mass is 10.1. The van der Waals surface area contributed by atoms with E-state index in [9.17, 15) is 14.4 Å². The summed E-state index contributed by atoms with van der Waals surface area (Å²) in [4.78, 5) is 39.9. The predicted octanol–water partition coefficient (Wildman–Crippen LogP) is 3.55. The Hall–Kier alpha value is -3.87. The van der Waals surface area contributed by atoms with Crippen molar-refractivity contribution >= 4 is 16.8 Å². The number of fused-ring (bicyclic) bond motifs is 1. The number of aromatic nitrogens is 2. The number of nitrogens with one attached hydrogen (secondary N) is 1. The number of hydrogen-bond acceptors (Lipinski definition) is 4. The summed E-state index contributed by atoms with van der Waals surface area (Å²) in [6, 6.07) is 13.4. The van der Waals surface area contributed by atoms with Crippen LogP contribution in [0.25, 0.3) is 16.6 Å². The number of nitrogens with zero attached hydrogens (tertiary/aromatic N) is 2. The number of carbonyl (C=O) groups is 1. The average Bonchev–Trinajstić information content (AvgIpc) is 3.28. The maximum atomic E-state index is 13.6. The van der Waals surface area contributed by atoms with Crippen molar-refractivity contribution in [2.45, 2.75) is 40.3 Å². The van der Waals surface area contributed by atoms with Gasteiger partial charge in [-0.05, 0) is 75.2 Å². The van der Waals surface area contributed by atoms with Gasteiger partial charge in [0.05, 0.1) is 29.4 Å². The molecule has 2 aromatic carbocycles. The number of carbonyl (C=O) groups excluding carboxylic acids is 1. The lowest BCUT2D eigenvalue weighted by Crippen LogP contribution is -2.43. The molecule has 0 saturated carbocycles. The zero-order valence-corrected chi connectivity index (χ0v) is 18.5. The van der Waals surface area contributed by atoms with Crippen LogP contribution in [-0.2, 0) is 11.3 Å². The van der Waals surface area contributed by atoms with E-state index in [0.29, 0.717) is 22.4 Å². The number of hydrogen-bond donors (Lipinski definition) is 1. The van der Waals surface area contributed by atoms with Crippen LogP contribution in [0.15, 0.2) is 68.8 Å². The van der Waals surface area contributed by atoms with E-state index in [1.807, 2.05) is 39.0 Å². The minimum Gasteiger partial charge on any atom is -0.467 e. The molecule has 4 rings (SSSR count). The van der Waals surface area contributed by atoms with Gasteiger partial charge in [0.1, 0.15) is 11.8 Å². The lowest BCUT2D eigenvalue weighted by Gasteiger charge is -2.20. The summed E-state index contributed by atoms with van der Waals surface area (Å²) < 4.78 is 7.78. The summed E-state index contributed by atoms with van der Waals surface area (Å²) in [6.07, 6.45) is 1.53. The van der Waals surface area contributed by atoms with Gasteiger partial charge in [-0.2, -0.15) is 0 Å². The first kappa shape index (κ1) is 21.4. The number of furan rings is 1. The molecule has 0 unspecified atom stereocenters. The van der Waals surface area contributed by atoms with E-state index < -0.39 is 17.3 Å². The fourth-order valence-electron chi connectivity index (χ4n) is 3.77. The minimum absolute atomic E-state index is 0.207. The monoisotopic (exact) mass is 431 g/mol. The summed E-state index contributed by atoms with van der Waals surface area (Å²) in [5.74, 6) is 0.258. The van der Waals surface area contributed by atoms with Crippen molar-refractivity contribution in [2.75, 3.05) is 0 Å². The predicted molar refractivity (Wildman–Crippen MR) is 123 cm³/mol. The first-order chi connectivity index (χ1) is 15.3. The summed E-state index contributed by atoms with van der Waals surface area (Å²) in [5, 5.41) is 3.18. The molecule has 4 aromatic rings. The molecule has 7 heteroatoms. The molecule has 1 N–H and O–H groups in total. The molecule has 0 aliphatic rings. The van der Waals surface area contributed by atoms with E-state index in [1.165, 1.54) is 10.8 Å². The van der Waals surface area contributed by atoms with Gasteiger partial charge in [-0.15, -0.1) is 0 Å². The standard InChI is InChI=1S/C25H25N3O4/c1-15-7-10-22-21(12-15)24(30)28(19-9-8-16(2)17(3)13-19)25(31)27(22)18(4)23(29)26-14-20-6-5-11-32-20/h5-13,18H,14H2,1-4H3,(H,26,29)/t18-/m1/s1.